The van der Waals surface area contributed by atoms with Crippen LogP contribution < -0.4 is 4.90 Å². The number of hydrogen-bond acceptors (Lipinski definition) is 3. The lowest BCUT2D eigenvalue weighted by Crippen LogP contribution is -2.22. The molecule has 1 rings (SSSR count). The first-order valence-corrected chi connectivity index (χ1v) is 4.56. The zero-order valence-corrected chi connectivity index (χ0v) is 8.71. The predicted molar refractivity (Wildman–Crippen MR) is 58.9 cm³/mol. The molecule has 0 radical (unpaired) electrons. The summed E-state index contributed by atoms with van der Waals surface area (Å²) >= 11 is 0. The highest BCUT2D eigenvalue weighted by Crippen LogP contribution is 2.14. The summed E-state index contributed by atoms with van der Waals surface area (Å²) in [5.41, 5.74) is 0.511. The number of nitrogens with zero attached hydrogens (tertiary/aromatic N) is 3. The summed E-state index contributed by atoms with van der Waals surface area (Å²) < 4.78 is 0. The van der Waals surface area contributed by atoms with E-state index in [-0.39, 0.29) is 11.5 Å². The van der Waals surface area contributed by atoms with Crippen LogP contribution in [0.5, 0.6) is 0 Å². The fraction of sp³-hybridized carbons (Fsp3) is 0.0833. The third kappa shape index (κ3) is 2.70. The van der Waals surface area contributed by atoms with E-state index in [0.717, 1.165) is 0 Å². The van der Waals surface area contributed by atoms with Crippen LogP contribution in [0.4, 0.5) is 5.69 Å². The molecular formula is C12H9N3O. The molecule has 0 heterocycles. The maximum Gasteiger partial charge on any atom is 0.227 e. The lowest BCUT2D eigenvalue weighted by Gasteiger charge is -2.15. The zero-order chi connectivity index (χ0) is 12.0. The number of allylic oxidation sites excluding steroid dienone is 1. The molecule has 4 nitrogen and oxygen atoms in total. The van der Waals surface area contributed by atoms with E-state index in [1.807, 2.05) is 6.07 Å². The monoisotopic (exact) mass is 211 g/mol. The Morgan fingerprint density at radius 3 is 2.25 bits per heavy atom. The normalized spacial score (nSPS) is 8.44. The Morgan fingerprint density at radius 2 is 1.81 bits per heavy atom. The van der Waals surface area contributed by atoms with E-state index < -0.39 is 0 Å². The first-order chi connectivity index (χ1) is 7.69. The van der Waals surface area contributed by atoms with Gasteiger partial charge in [0.2, 0.25) is 5.91 Å². The average molecular weight is 211 g/mol. The summed E-state index contributed by atoms with van der Waals surface area (Å²) in [4.78, 5) is 12.6. The van der Waals surface area contributed by atoms with Gasteiger partial charge in [0.15, 0.2) is 0 Å². The highest BCUT2D eigenvalue weighted by atomic mass is 16.2. The van der Waals surface area contributed by atoms with E-state index in [4.69, 9.17) is 10.5 Å². The molecule has 0 unspecified atom stereocenters. The largest absolute Gasteiger partial charge is 0.286 e. The molecule has 0 atom stereocenters. The Balaban J connectivity index is 3.14. The third-order valence-electron chi connectivity index (χ3n) is 1.87. The zero-order valence-electron chi connectivity index (χ0n) is 8.71. The van der Waals surface area contributed by atoms with Crippen molar-refractivity contribution in [1.82, 2.24) is 0 Å². The number of para-hydroxylation sites is 1. The van der Waals surface area contributed by atoms with Gasteiger partial charge >= 0.3 is 0 Å². The Kier molecular flexibility index (Phi) is 3.83. The fourth-order valence-corrected chi connectivity index (χ4v) is 1.15. The Labute approximate surface area is 93.6 Å². The van der Waals surface area contributed by atoms with Crippen LogP contribution in [0, 0.1) is 22.7 Å². The second-order valence-electron chi connectivity index (χ2n) is 2.99. The van der Waals surface area contributed by atoms with E-state index >= 15 is 0 Å². The summed E-state index contributed by atoms with van der Waals surface area (Å²) in [6.07, 6.45) is 1.23. The Hall–Kier alpha value is -2.59. The third-order valence-corrected chi connectivity index (χ3v) is 1.87. The standard InChI is InChI=1S/C12H9N3O/c1-10(16)15(9-11(7-13)8-14)12-5-3-2-4-6-12/h2-6,9H,1H3. The highest BCUT2D eigenvalue weighted by Gasteiger charge is 2.09. The van der Waals surface area contributed by atoms with Gasteiger partial charge in [-0.1, -0.05) is 18.2 Å². The minimum Gasteiger partial charge on any atom is -0.286 e. The van der Waals surface area contributed by atoms with E-state index in [2.05, 4.69) is 0 Å². The molecule has 0 bridgehead atoms. The number of anilines is 1. The summed E-state index contributed by atoms with van der Waals surface area (Å²) in [5.74, 6) is -0.255. The highest BCUT2D eigenvalue weighted by molar-refractivity contribution is 5.93. The van der Waals surface area contributed by atoms with Crippen LogP contribution in [-0.2, 0) is 4.79 Å². The van der Waals surface area contributed by atoms with Crippen molar-refractivity contribution in [2.45, 2.75) is 6.92 Å². The molecule has 78 valence electrons. The second kappa shape index (κ2) is 5.33. The number of carbonyl (C=O) groups is 1. The molecule has 1 amide bonds. The van der Waals surface area contributed by atoms with E-state index in [9.17, 15) is 4.79 Å². The van der Waals surface area contributed by atoms with E-state index in [1.54, 1.807) is 36.4 Å². The van der Waals surface area contributed by atoms with Crippen molar-refractivity contribution in [3.8, 4) is 12.1 Å². The van der Waals surface area contributed by atoms with Crippen LogP contribution in [-0.4, -0.2) is 5.91 Å². The van der Waals surface area contributed by atoms with Crippen LogP contribution in [0.2, 0.25) is 0 Å². The van der Waals surface area contributed by atoms with Crippen LogP contribution >= 0.6 is 0 Å². The number of carbonyl (C=O) groups excluding carboxylic acids is 1. The van der Waals surface area contributed by atoms with Crippen molar-refractivity contribution >= 4 is 11.6 Å². The molecule has 0 saturated carbocycles. The number of amides is 1. The second-order valence-corrected chi connectivity index (χ2v) is 2.99. The smallest absolute Gasteiger partial charge is 0.227 e. The van der Waals surface area contributed by atoms with Crippen molar-refractivity contribution in [3.63, 3.8) is 0 Å². The van der Waals surface area contributed by atoms with Gasteiger partial charge in [0.05, 0.1) is 0 Å². The first kappa shape index (κ1) is 11.5. The first-order valence-electron chi connectivity index (χ1n) is 4.56. The Morgan fingerprint density at radius 1 is 1.25 bits per heavy atom. The minimum atomic E-state index is -0.255. The van der Waals surface area contributed by atoms with Crippen LogP contribution in [0.25, 0.3) is 0 Å². The van der Waals surface area contributed by atoms with Crippen molar-refractivity contribution < 1.29 is 4.79 Å². The molecule has 0 aliphatic carbocycles. The lowest BCUT2D eigenvalue weighted by molar-refractivity contribution is -0.116. The molecule has 0 spiro atoms. The quantitative estimate of drug-likeness (QED) is 0.702. The lowest BCUT2D eigenvalue weighted by atomic mass is 10.2. The SMILES string of the molecule is CC(=O)N(C=C(C#N)C#N)c1ccccc1. The van der Waals surface area contributed by atoms with Crippen molar-refractivity contribution in [2.75, 3.05) is 4.90 Å². The molecule has 0 aliphatic heterocycles. The summed E-state index contributed by atoms with van der Waals surface area (Å²) in [5, 5.41) is 17.2. The van der Waals surface area contributed by atoms with Gasteiger partial charge in [-0.25, -0.2) is 0 Å². The topological polar surface area (TPSA) is 67.9 Å². The van der Waals surface area contributed by atoms with Gasteiger partial charge < -0.3 is 0 Å². The van der Waals surface area contributed by atoms with Crippen molar-refractivity contribution in [2.24, 2.45) is 0 Å². The van der Waals surface area contributed by atoms with Gasteiger partial charge in [-0.05, 0) is 12.1 Å². The van der Waals surface area contributed by atoms with Gasteiger partial charge in [-0.15, -0.1) is 0 Å². The van der Waals surface area contributed by atoms with E-state index in [0.29, 0.717) is 5.69 Å². The van der Waals surface area contributed by atoms with Gasteiger partial charge in [0.1, 0.15) is 17.7 Å². The fourth-order valence-electron chi connectivity index (χ4n) is 1.15. The molecule has 0 saturated heterocycles. The van der Waals surface area contributed by atoms with Gasteiger partial charge in [-0.2, -0.15) is 10.5 Å². The van der Waals surface area contributed by atoms with Crippen LogP contribution in [0.15, 0.2) is 42.1 Å². The number of hydrogen-bond donors (Lipinski definition) is 0. The summed E-state index contributed by atoms with van der Waals surface area (Å²) in [7, 11) is 0. The minimum absolute atomic E-state index is 0.112. The maximum absolute atomic E-state index is 11.4. The average Bonchev–Trinajstić information content (AvgIpc) is 2.31. The molecule has 0 fully saturated rings. The molecular weight excluding hydrogens is 202 g/mol. The molecule has 0 aliphatic rings. The van der Waals surface area contributed by atoms with Crippen molar-refractivity contribution in [1.29, 1.82) is 10.5 Å². The number of rotatable bonds is 2. The van der Waals surface area contributed by atoms with Gasteiger partial charge in [-0.3, -0.25) is 9.69 Å². The maximum atomic E-state index is 11.4. The van der Waals surface area contributed by atoms with Crippen LogP contribution in [0.3, 0.4) is 0 Å². The van der Waals surface area contributed by atoms with E-state index in [1.165, 1.54) is 18.0 Å². The van der Waals surface area contributed by atoms with Gasteiger partial charge in [0, 0.05) is 18.8 Å². The van der Waals surface area contributed by atoms with Gasteiger partial charge in [0.25, 0.3) is 0 Å². The van der Waals surface area contributed by atoms with Crippen molar-refractivity contribution in [3.05, 3.63) is 42.1 Å². The Bertz CT molecular complexity index is 475. The molecule has 16 heavy (non-hydrogen) atoms. The summed E-state index contributed by atoms with van der Waals surface area (Å²) in [6, 6.07) is 12.2. The number of benzene rings is 1. The molecule has 1 aromatic rings. The van der Waals surface area contributed by atoms with Crippen LogP contribution in [0.1, 0.15) is 6.92 Å². The molecule has 4 heteroatoms. The molecule has 0 N–H and O–H groups in total. The molecule has 1 aromatic carbocycles. The summed E-state index contributed by atoms with van der Waals surface area (Å²) in [6.45, 7) is 1.37. The predicted octanol–water partition coefficient (Wildman–Crippen LogP) is 1.97. The molecule has 0 aromatic heterocycles. The number of nitriles is 2.